The minimum Gasteiger partial charge on any atom is -0.470 e. The van der Waals surface area contributed by atoms with Crippen molar-refractivity contribution in [3.8, 4) is 5.88 Å². The van der Waals surface area contributed by atoms with Gasteiger partial charge >= 0.3 is 5.69 Å². The summed E-state index contributed by atoms with van der Waals surface area (Å²) in [5.74, 6) is -0.0905. The Morgan fingerprint density at radius 1 is 1.71 bits per heavy atom. The molecule has 0 amide bonds. The summed E-state index contributed by atoms with van der Waals surface area (Å²) in [6.45, 7) is -0.232. The van der Waals surface area contributed by atoms with Crippen molar-refractivity contribution in [2.24, 2.45) is 0 Å². The summed E-state index contributed by atoms with van der Waals surface area (Å²) in [5.41, 5.74) is -0.229. The van der Waals surface area contributed by atoms with Gasteiger partial charge in [0.05, 0.1) is 11.5 Å². The van der Waals surface area contributed by atoms with Gasteiger partial charge in [-0.1, -0.05) is 0 Å². The SMILES string of the molecule is O=[N+]([O-])c1cc(Br)cnc1OCCO. The number of aromatic nitrogens is 1. The molecular formula is C7H7BrN2O4. The highest BCUT2D eigenvalue weighted by molar-refractivity contribution is 9.10. The third kappa shape index (κ3) is 2.64. The molecule has 0 aliphatic carbocycles. The quantitative estimate of drug-likeness (QED) is 0.649. The zero-order valence-electron chi connectivity index (χ0n) is 7.01. The number of hydrogen-bond acceptors (Lipinski definition) is 5. The summed E-state index contributed by atoms with van der Waals surface area (Å²) < 4.78 is 5.38. The normalized spacial score (nSPS) is 9.86. The molecule has 14 heavy (non-hydrogen) atoms. The van der Waals surface area contributed by atoms with Crippen molar-refractivity contribution in [2.45, 2.75) is 0 Å². The maximum absolute atomic E-state index is 10.5. The lowest BCUT2D eigenvalue weighted by molar-refractivity contribution is -0.386. The predicted molar refractivity (Wildman–Crippen MR) is 51.2 cm³/mol. The van der Waals surface area contributed by atoms with E-state index in [9.17, 15) is 10.1 Å². The Morgan fingerprint density at radius 3 is 3.00 bits per heavy atom. The van der Waals surface area contributed by atoms with E-state index in [2.05, 4.69) is 20.9 Å². The van der Waals surface area contributed by atoms with Crippen molar-refractivity contribution in [1.29, 1.82) is 0 Å². The molecule has 1 heterocycles. The van der Waals surface area contributed by atoms with Gasteiger partial charge in [-0.2, -0.15) is 0 Å². The van der Waals surface area contributed by atoms with Crippen LogP contribution >= 0.6 is 15.9 Å². The molecule has 76 valence electrons. The van der Waals surface area contributed by atoms with Gasteiger partial charge in [0.2, 0.25) is 0 Å². The summed E-state index contributed by atoms with van der Waals surface area (Å²) in [6.07, 6.45) is 1.39. The van der Waals surface area contributed by atoms with Gasteiger partial charge in [-0.25, -0.2) is 4.98 Å². The molecule has 0 fully saturated rings. The lowest BCUT2D eigenvalue weighted by atomic mass is 10.4. The van der Waals surface area contributed by atoms with Gasteiger partial charge in [-0.15, -0.1) is 0 Å². The molecule has 0 aliphatic heterocycles. The Balaban J connectivity index is 2.96. The van der Waals surface area contributed by atoms with Gasteiger partial charge in [-0.05, 0) is 15.9 Å². The van der Waals surface area contributed by atoms with Gasteiger partial charge in [0.25, 0.3) is 5.88 Å². The predicted octanol–water partition coefficient (Wildman–Crippen LogP) is 1.12. The van der Waals surface area contributed by atoms with E-state index < -0.39 is 4.92 Å². The molecule has 0 unspecified atom stereocenters. The summed E-state index contributed by atoms with van der Waals surface area (Å²) in [5, 5.41) is 19.0. The minimum absolute atomic E-state index is 0.0184. The van der Waals surface area contributed by atoms with E-state index >= 15 is 0 Å². The van der Waals surface area contributed by atoms with Gasteiger partial charge < -0.3 is 9.84 Å². The van der Waals surface area contributed by atoms with Gasteiger partial charge in [0.1, 0.15) is 6.61 Å². The van der Waals surface area contributed by atoms with Crippen molar-refractivity contribution in [1.82, 2.24) is 4.98 Å². The zero-order chi connectivity index (χ0) is 10.6. The number of nitro groups is 1. The monoisotopic (exact) mass is 262 g/mol. The second-order valence-electron chi connectivity index (χ2n) is 2.31. The molecule has 0 radical (unpaired) electrons. The van der Waals surface area contributed by atoms with Crippen LogP contribution in [0, 0.1) is 10.1 Å². The molecule has 7 heteroatoms. The molecule has 0 saturated carbocycles. The summed E-state index contributed by atoms with van der Waals surface area (Å²) in [7, 11) is 0. The van der Waals surface area contributed by atoms with E-state index in [4.69, 9.17) is 9.84 Å². The summed E-state index contributed by atoms with van der Waals surface area (Å²) in [4.78, 5) is 13.7. The fourth-order valence-electron chi connectivity index (χ4n) is 0.800. The maximum Gasteiger partial charge on any atom is 0.332 e. The van der Waals surface area contributed by atoms with E-state index in [1.54, 1.807) is 0 Å². The molecule has 1 aromatic heterocycles. The van der Waals surface area contributed by atoms with Crippen LogP contribution in [0.25, 0.3) is 0 Å². The molecule has 0 saturated heterocycles. The Morgan fingerprint density at radius 2 is 2.43 bits per heavy atom. The average molecular weight is 263 g/mol. The zero-order valence-corrected chi connectivity index (χ0v) is 8.60. The molecule has 0 bridgehead atoms. The van der Waals surface area contributed by atoms with E-state index in [1.807, 2.05) is 0 Å². The molecule has 6 nitrogen and oxygen atoms in total. The summed E-state index contributed by atoms with van der Waals surface area (Å²) >= 11 is 3.06. The molecule has 1 rings (SSSR count). The standard InChI is InChI=1S/C7H7BrN2O4/c8-5-3-6(10(12)13)7(9-4-5)14-2-1-11/h3-4,11H,1-2H2. The van der Waals surface area contributed by atoms with Crippen LogP contribution in [0.3, 0.4) is 0 Å². The third-order valence-corrected chi connectivity index (χ3v) is 1.76. The Kier molecular flexibility index (Phi) is 3.78. The lowest BCUT2D eigenvalue weighted by Crippen LogP contribution is -2.05. The van der Waals surface area contributed by atoms with E-state index in [0.29, 0.717) is 4.47 Å². The number of nitrogens with zero attached hydrogens (tertiary/aromatic N) is 2. The molecule has 0 atom stereocenters. The highest BCUT2D eigenvalue weighted by atomic mass is 79.9. The highest BCUT2D eigenvalue weighted by Crippen LogP contribution is 2.26. The Hall–Kier alpha value is -1.21. The van der Waals surface area contributed by atoms with Crippen molar-refractivity contribution >= 4 is 21.6 Å². The number of aliphatic hydroxyl groups excluding tert-OH is 1. The van der Waals surface area contributed by atoms with Crippen molar-refractivity contribution in [3.05, 3.63) is 26.9 Å². The molecule has 1 aromatic rings. The van der Waals surface area contributed by atoms with Crippen LogP contribution < -0.4 is 4.74 Å². The number of hydrogen-bond donors (Lipinski definition) is 1. The lowest BCUT2D eigenvalue weighted by Gasteiger charge is -2.03. The largest absolute Gasteiger partial charge is 0.470 e. The first kappa shape index (κ1) is 10.9. The third-order valence-electron chi connectivity index (χ3n) is 1.33. The second kappa shape index (κ2) is 4.87. The van der Waals surface area contributed by atoms with Crippen LogP contribution in [0.2, 0.25) is 0 Å². The molecule has 0 aliphatic rings. The smallest absolute Gasteiger partial charge is 0.332 e. The average Bonchev–Trinajstić information content (AvgIpc) is 2.15. The number of aliphatic hydroxyl groups is 1. The molecule has 0 spiro atoms. The molecular weight excluding hydrogens is 256 g/mol. The van der Waals surface area contributed by atoms with Crippen LogP contribution in [0.1, 0.15) is 0 Å². The van der Waals surface area contributed by atoms with Gasteiger partial charge in [0, 0.05) is 16.7 Å². The number of halogens is 1. The molecule has 0 aromatic carbocycles. The Bertz CT molecular complexity index is 344. The number of rotatable bonds is 4. The van der Waals surface area contributed by atoms with Crippen LogP contribution in [-0.2, 0) is 0 Å². The van der Waals surface area contributed by atoms with Gasteiger partial charge in [0.15, 0.2) is 0 Å². The van der Waals surface area contributed by atoms with E-state index in [0.717, 1.165) is 0 Å². The maximum atomic E-state index is 10.5. The first-order valence-electron chi connectivity index (χ1n) is 3.68. The second-order valence-corrected chi connectivity index (χ2v) is 3.22. The number of pyridine rings is 1. The van der Waals surface area contributed by atoms with E-state index in [1.165, 1.54) is 12.3 Å². The Labute approximate surface area is 87.8 Å². The highest BCUT2D eigenvalue weighted by Gasteiger charge is 2.16. The van der Waals surface area contributed by atoms with Crippen molar-refractivity contribution < 1.29 is 14.8 Å². The number of ether oxygens (including phenoxy) is 1. The fourth-order valence-corrected chi connectivity index (χ4v) is 1.12. The van der Waals surface area contributed by atoms with Crippen molar-refractivity contribution in [2.75, 3.05) is 13.2 Å². The fraction of sp³-hybridized carbons (Fsp3) is 0.286. The van der Waals surface area contributed by atoms with E-state index in [-0.39, 0.29) is 24.8 Å². The topological polar surface area (TPSA) is 85.5 Å². The van der Waals surface area contributed by atoms with Crippen molar-refractivity contribution in [3.63, 3.8) is 0 Å². The van der Waals surface area contributed by atoms with Crippen LogP contribution in [-0.4, -0.2) is 28.2 Å². The van der Waals surface area contributed by atoms with Gasteiger partial charge in [-0.3, -0.25) is 10.1 Å². The first-order chi connectivity index (χ1) is 6.65. The first-order valence-corrected chi connectivity index (χ1v) is 4.48. The minimum atomic E-state index is -0.593. The molecule has 1 N–H and O–H groups in total. The summed E-state index contributed by atoms with van der Waals surface area (Å²) in [6, 6.07) is 1.29. The van der Waals surface area contributed by atoms with Crippen LogP contribution in [0.5, 0.6) is 5.88 Å². The van der Waals surface area contributed by atoms with Crippen LogP contribution in [0.4, 0.5) is 5.69 Å². The van der Waals surface area contributed by atoms with Crippen LogP contribution in [0.15, 0.2) is 16.7 Å².